The second-order valence-corrected chi connectivity index (χ2v) is 7.39. The maximum atomic E-state index is 4.89. The molecule has 0 aliphatic heterocycles. The maximum absolute atomic E-state index is 4.89. The molecule has 122 valence electrons. The molecule has 3 nitrogen and oxygen atoms in total. The molecular formula is C21H18AsN3. The minimum atomic E-state index is 0.751. The van der Waals surface area contributed by atoms with E-state index in [4.69, 9.17) is 4.98 Å². The number of hydrogen-bond donors (Lipinski definition) is 0. The average Bonchev–Trinajstić information content (AvgIpc) is 2.63. The van der Waals surface area contributed by atoms with Gasteiger partial charge in [0.1, 0.15) is 0 Å². The van der Waals surface area contributed by atoms with Crippen LogP contribution in [0, 0.1) is 13.8 Å². The van der Waals surface area contributed by atoms with Gasteiger partial charge in [0, 0.05) is 0 Å². The number of pyridine rings is 1. The van der Waals surface area contributed by atoms with Crippen molar-refractivity contribution in [3.63, 3.8) is 0 Å². The zero-order chi connectivity index (χ0) is 17.4. The Bertz CT molecular complexity index is 1050. The van der Waals surface area contributed by atoms with E-state index in [1.165, 1.54) is 28.0 Å². The number of aromatic nitrogens is 3. The van der Waals surface area contributed by atoms with Gasteiger partial charge in [-0.05, 0) is 0 Å². The van der Waals surface area contributed by atoms with Crippen molar-refractivity contribution in [1.82, 2.24) is 15.0 Å². The van der Waals surface area contributed by atoms with Gasteiger partial charge in [0.05, 0.1) is 0 Å². The normalized spacial score (nSPS) is 11.0. The number of hydrogen-bond acceptors (Lipinski definition) is 3. The number of aryl methyl sites for hydroxylation is 2. The molecule has 25 heavy (non-hydrogen) atoms. The molecule has 2 heterocycles. The van der Waals surface area contributed by atoms with Crippen molar-refractivity contribution in [2.24, 2.45) is 0 Å². The molecule has 0 radical (unpaired) electrons. The molecule has 4 aromatic rings. The van der Waals surface area contributed by atoms with E-state index in [9.17, 15) is 0 Å². The van der Waals surface area contributed by atoms with Gasteiger partial charge < -0.3 is 0 Å². The second-order valence-electron chi connectivity index (χ2n) is 6.25. The van der Waals surface area contributed by atoms with Crippen molar-refractivity contribution in [1.29, 1.82) is 0 Å². The summed E-state index contributed by atoms with van der Waals surface area (Å²) in [5.74, 6) is 0. The number of benzene rings is 2. The number of rotatable bonds is 2. The summed E-state index contributed by atoms with van der Waals surface area (Å²) in [4.78, 5) is 13.6. The molecule has 0 bridgehead atoms. The fraction of sp³-hybridized carbons (Fsp3) is 0.0952. The van der Waals surface area contributed by atoms with Gasteiger partial charge in [0.25, 0.3) is 0 Å². The Balaban J connectivity index is 2.03. The van der Waals surface area contributed by atoms with Crippen LogP contribution in [0.1, 0.15) is 11.1 Å². The van der Waals surface area contributed by atoms with Crippen molar-refractivity contribution in [2.75, 3.05) is 0 Å². The van der Waals surface area contributed by atoms with Gasteiger partial charge in [-0.3, -0.25) is 0 Å². The van der Waals surface area contributed by atoms with Crippen molar-refractivity contribution in [2.45, 2.75) is 13.8 Å². The van der Waals surface area contributed by atoms with Crippen LogP contribution in [0.15, 0.2) is 60.9 Å². The summed E-state index contributed by atoms with van der Waals surface area (Å²) in [5, 5.41) is 1.02. The van der Waals surface area contributed by atoms with Gasteiger partial charge in [-0.15, -0.1) is 0 Å². The molecule has 0 fully saturated rings. The standard InChI is InChI=1S/C21H18AsN3/c1-13-3-7-15(8-4-13)17-11-18-20(22)23-12-24-21(18)25-19(17)16-9-5-14(2)6-10-16/h3-12H,22H2,1-2H3. The predicted molar refractivity (Wildman–Crippen MR) is 106 cm³/mol. The molecule has 4 rings (SSSR count). The van der Waals surface area contributed by atoms with E-state index < -0.39 is 0 Å². The van der Waals surface area contributed by atoms with Gasteiger partial charge in [0.2, 0.25) is 0 Å². The third-order valence-electron chi connectivity index (χ3n) is 4.34. The topological polar surface area (TPSA) is 38.7 Å². The Kier molecular flexibility index (Phi) is 4.10. The molecule has 0 saturated heterocycles. The molecule has 0 saturated carbocycles. The van der Waals surface area contributed by atoms with E-state index in [1.54, 1.807) is 6.33 Å². The van der Waals surface area contributed by atoms with Crippen LogP contribution in [0.4, 0.5) is 0 Å². The van der Waals surface area contributed by atoms with Crippen LogP contribution in [0.3, 0.4) is 0 Å². The van der Waals surface area contributed by atoms with Crippen molar-refractivity contribution < 1.29 is 0 Å². The summed E-state index contributed by atoms with van der Waals surface area (Å²) in [7, 11) is 0. The summed E-state index contributed by atoms with van der Waals surface area (Å²) >= 11 is 1.49. The third kappa shape index (κ3) is 3.08. The van der Waals surface area contributed by atoms with E-state index >= 15 is 0 Å². The van der Waals surface area contributed by atoms with Crippen LogP contribution < -0.4 is 4.48 Å². The zero-order valence-electron chi connectivity index (χ0n) is 14.2. The Morgan fingerprint density at radius 1 is 0.760 bits per heavy atom. The molecule has 1 unspecified atom stereocenters. The van der Waals surface area contributed by atoms with E-state index in [1.807, 2.05) is 0 Å². The van der Waals surface area contributed by atoms with Crippen molar-refractivity contribution >= 4 is 32.4 Å². The molecule has 2 aromatic heterocycles. The quantitative estimate of drug-likeness (QED) is 0.496. The molecule has 0 aliphatic carbocycles. The first-order valence-corrected chi connectivity index (χ1v) is 9.38. The first kappa shape index (κ1) is 16.0. The van der Waals surface area contributed by atoms with Crippen LogP contribution in [-0.2, 0) is 0 Å². The Morgan fingerprint density at radius 2 is 1.36 bits per heavy atom. The molecule has 0 N–H and O–H groups in total. The van der Waals surface area contributed by atoms with Crippen LogP contribution >= 0.6 is 0 Å². The molecule has 4 heteroatoms. The second kappa shape index (κ2) is 6.42. The summed E-state index contributed by atoms with van der Waals surface area (Å²) in [5.41, 5.74) is 7.57. The van der Waals surface area contributed by atoms with Gasteiger partial charge in [-0.25, -0.2) is 0 Å². The van der Waals surface area contributed by atoms with Crippen LogP contribution in [0.5, 0.6) is 0 Å². The Labute approximate surface area is 155 Å². The van der Waals surface area contributed by atoms with Gasteiger partial charge in [-0.2, -0.15) is 0 Å². The monoisotopic (exact) mass is 387 g/mol. The van der Waals surface area contributed by atoms with Crippen LogP contribution in [0.25, 0.3) is 33.4 Å². The zero-order valence-corrected chi connectivity index (χ0v) is 16.6. The van der Waals surface area contributed by atoms with Crippen molar-refractivity contribution in [3.8, 4) is 22.4 Å². The Hall–Kier alpha value is -2.51. The summed E-state index contributed by atoms with van der Waals surface area (Å²) < 4.78 is 1.01. The van der Waals surface area contributed by atoms with Gasteiger partial charge in [-0.1, -0.05) is 0 Å². The minimum absolute atomic E-state index is 0.751. The molecular weight excluding hydrogens is 369 g/mol. The van der Waals surface area contributed by atoms with E-state index in [-0.39, 0.29) is 0 Å². The van der Waals surface area contributed by atoms with Crippen LogP contribution in [-0.4, -0.2) is 31.8 Å². The average molecular weight is 387 g/mol. The van der Waals surface area contributed by atoms with E-state index in [0.29, 0.717) is 0 Å². The number of fused-ring (bicyclic) bond motifs is 1. The summed E-state index contributed by atoms with van der Waals surface area (Å²) in [6.07, 6.45) is 1.59. The number of nitrogens with zero attached hydrogens (tertiary/aromatic N) is 3. The Morgan fingerprint density at radius 3 is 2.00 bits per heavy atom. The molecule has 2 aromatic carbocycles. The molecule has 0 amide bonds. The fourth-order valence-corrected chi connectivity index (χ4v) is 3.48. The molecule has 0 aliphatic rings. The van der Waals surface area contributed by atoms with Gasteiger partial charge in [0.15, 0.2) is 0 Å². The first-order chi connectivity index (χ1) is 12.1. The van der Waals surface area contributed by atoms with E-state index in [0.717, 1.165) is 37.9 Å². The molecule has 0 spiro atoms. The van der Waals surface area contributed by atoms with Crippen molar-refractivity contribution in [3.05, 3.63) is 72.1 Å². The summed E-state index contributed by atoms with van der Waals surface area (Å²) in [6, 6.07) is 19.2. The predicted octanol–water partition coefficient (Wildman–Crippen LogP) is 3.23. The molecule has 1 atom stereocenters. The fourth-order valence-electron chi connectivity index (χ4n) is 2.89. The third-order valence-corrected chi connectivity index (χ3v) is 5.31. The van der Waals surface area contributed by atoms with Crippen LogP contribution in [0.2, 0.25) is 0 Å². The van der Waals surface area contributed by atoms with E-state index in [2.05, 4.69) is 78.4 Å². The first-order valence-electron chi connectivity index (χ1n) is 8.17. The van der Waals surface area contributed by atoms with Gasteiger partial charge >= 0.3 is 156 Å². The summed E-state index contributed by atoms with van der Waals surface area (Å²) in [6.45, 7) is 4.20. The SMILES string of the molecule is Cc1ccc(-c2cc3c([AsH2])ncnc3nc2-c2ccc(C)cc2)cc1.